The molecule has 0 unspecified atom stereocenters. The van der Waals surface area contributed by atoms with Gasteiger partial charge < -0.3 is 0 Å². The van der Waals surface area contributed by atoms with E-state index in [1.807, 2.05) is 12.1 Å². The standard InChI is InChI=1S/C11H9BrOS/c1-2-7-3-4-10(12)9-5-8(6-13)14-11(7)9/h3-6H,2H2,1H3. The first-order valence-electron chi connectivity index (χ1n) is 4.42. The summed E-state index contributed by atoms with van der Waals surface area (Å²) < 4.78 is 2.29. The minimum absolute atomic E-state index is 0.793. The van der Waals surface area contributed by atoms with E-state index >= 15 is 0 Å². The Balaban J connectivity index is 2.81. The highest BCUT2D eigenvalue weighted by Gasteiger charge is 2.07. The van der Waals surface area contributed by atoms with E-state index in [4.69, 9.17) is 0 Å². The smallest absolute Gasteiger partial charge is 0.160 e. The van der Waals surface area contributed by atoms with Crippen LogP contribution in [0.5, 0.6) is 0 Å². The SMILES string of the molecule is CCc1ccc(Br)c2cc(C=O)sc12. The van der Waals surface area contributed by atoms with Crippen molar-refractivity contribution in [1.29, 1.82) is 0 Å². The van der Waals surface area contributed by atoms with Crippen molar-refractivity contribution in [3.05, 3.63) is 33.1 Å². The predicted molar refractivity (Wildman–Crippen MR) is 64.3 cm³/mol. The fraction of sp³-hybridized carbons (Fsp3) is 0.182. The molecule has 1 heterocycles. The largest absolute Gasteiger partial charge is 0.297 e. The van der Waals surface area contributed by atoms with E-state index in [9.17, 15) is 4.79 Å². The predicted octanol–water partition coefficient (Wildman–Crippen LogP) is 4.04. The molecule has 0 spiro atoms. The lowest BCUT2D eigenvalue weighted by Crippen LogP contribution is -1.79. The van der Waals surface area contributed by atoms with Gasteiger partial charge in [-0.3, -0.25) is 4.79 Å². The molecule has 2 aromatic rings. The first kappa shape index (κ1) is 9.87. The van der Waals surface area contributed by atoms with Gasteiger partial charge in [0.05, 0.1) is 4.88 Å². The Kier molecular flexibility index (Phi) is 2.70. The highest BCUT2D eigenvalue weighted by atomic mass is 79.9. The molecule has 0 radical (unpaired) electrons. The van der Waals surface area contributed by atoms with Crippen molar-refractivity contribution in [2.75, 3.05) is 0 Å². The molecule has 0 bridgehead atoms. The zero-order valence-corrected chi connectivity index (χ0v) is 10.1. The summed E-state index contributed by atoms with van der Waals surface area (Å²) in [7, 11) is 0. The molecule has 1 aromatic heterocycles. The third kappa shape index (κ3) is 1.51. The maximum atomic E-state index is 10.7. The highest BCUT2D eigenvalue weighted by molar-refractivity contribution is 9.10. The molecular formula is C11H9BrOS. The summed E-state index contributed by atoms with van der Waals surface area (Å²) in [5.41, 5.74) is 1.31. The van der Waals surface area contributed by atoms with Gasteiger partial charge in [-0.1, -0.05) is 28.9 Å². The quantitative estimate of drug-likeness (QED) is 0.752. The fourth-order valence-electron chi connectivity index (χ4n) is 1.50. The average Bonchev–Trinajstić information content (AvgIpc) is 2.63. The average molecular weight is 269 g/mol. The summed E-state index contributed by atoms with van der Waals surface area (Å²) in [6, 6.07) is 6.09. The molecule has 3 heteroatoms. The molecule has 2 rings (SSSR count). The molecule has 1 aromatic carbocycles. The number of rotatable bonds is 2. The number of thiophene rings is 1. The van der Waals surface area contributed by atoms with Gasteiger partial charge in [0.1, 0.15) is 0 Å². The lowest BCUT2D eigenvalue weighted by atomic mass is 10.1. The van der Waals surface area contributed by atoms with Gasteiger partial charge in [-0.05, 0) is 24.1 Å². The minimum Gasteiger partial charge on any atom is -0.297 e. The van der Waals surface area contributed by atoms with Gasteiger partial charge >= 0.3 is 0 Å². The van der Waals surface area contributed by atoms with Crippen LogP contribution in [0, 0.1) is 0 Å². The van der Waals surface area contributed by atoms with Gasteiger partial charge in [0.25, 0.3) is 0 Å². The van der Waals surface area contributed by atoms with Crippen LogP contribution >= 0.6 is 27.3 Å². The second-order valence-electron chi connectivity index (χ2n) is 3.07. The normalized spacial score (nSPS) is 10.7. The Labute approximate surface area is 94.9 Å². The number of aldehydes is 1. The van der Waals surface area contributed by atoms with Crippen molar-refractivity contribution in [2.24, 2.45) is 0 Å². The van der Waals surface area contributed by atoms with Gasteiger partial charge in [0.2, 0.25) is 0 Å². The van der Waals surface area contributed by atoms with Crippen LogP contribution in [0.4, 0.5) is 0 Å². The van der Waals surface area contributed by atoms with Crippen LogP contribution in [-0.2, 0) is 6.42 Å². The number of aryl methyl sites for hydroxylation is 1. The van der Waals surface area contributed by atoms with Crippen LogP contribution in [0.15, 0.2) is 22.7 Å². The van der Waals surface area contributed by atoms with Crippen molar-refractivity contribution < 1.29 is 4.79 Å². The van der Waals surface area contributed by atoms with Gasteiger partial charge in [-0.25, -0.2) is 0 Å². The summed E-state index contributed by atoms with van der Waals surface area (Å²) in [6.07, 6.45) is 1.92. The number of carbonyl (C=O) groups excluding carboxylic acids is 1. The monoisotopic (exact) mass is 268 g/mol. The summed E-state index contributed by atoms with van der Waals surface area (Å²) in [6.45, 7) is 2.13. The zero-order valence-electron chi connectivity index (χ0n) is 7.71. The molecule has 0 atom stereocenters. The molecular weight excluding hydrogens is 260 g/mol. The first-order valence-corrected chi connectivity index (χ1v) is 6.03. The topological polar surface area (TPSA) is 17.1 Å². The van der Waals surface area contributed by atoms with Gasteiger partial charge in [-0.2, -0.15) is 0 Å². The number of halogens is 1. The molecule has 0 aliphatic heterocycles. The Morgan fingerprint density at radius 2 is 2.29 bits per heavy atom. The van der Waals surface area contributed by atoms with Crippen LogP contribution in [0.2, 0.25) is 0 Å². The third-order valence-corrected chi connectivity index (χ3v) is 4.06. The summed E-state index contributed by atoms with van der Waals surface area (Å²) in [5.74, 6) is 0. The molecule has 0 fully saturated rings. The molecule has 0 amide bonds. The molecule has 0 saturated heterocycles. The fourth-order valence-corrected chi connectivity index (χ4v) is 3.16. The van der Waals surface area contributed by atoms with Gasteiger partial charge in [0, 0.05) is 14.6 Å². The maximum Gasteiger partial charge on any atom is 0.160 e. The lowest BCUT2D eigenvalue weighted by Gasteiger charge is -1.99. The molecule has 72 valence electrons. The van der Waals surface area contributed by atoms with Crippen LogP contribution in [0.3, 0.4) is 0 Å². The molecule has 0 saturated carbocycles. The Morgan fingerprint density at radius 3 is 2.93 bits per heavy atom. The van der Waals surface area contributed by atoms with Crippen molar-refractivity contribution in [3.63, 3.8) is 0 Å². The Bertz CT molecular complexity index is 487. The van der Waals surface area contributed by atoms with Crippen LogP contribution in [0.25, 0.3) is 10.1 Å². The molecule has 0 N–H and O–H groups in total. The molecule has 14 heavy (non-hydrogen) atoms. The third-order valence-electron chi connectivity index (χ3n) is 2.23. The summed E-state index contributed by atoms with van der Waals surface area (Å²) >= 11 is 5.06. The zero-order chi connectivity index (χ0) is 10.1. The van der Waals surface area contributed by atoms with Crippen molar-refractivity contribution >= 4 is 43.6 Å². The van der Waals surface area contributed by atoms with Crippen molar-refractivity contribution in [3.8, 4) is 0 Å². The number of benzene rings is 1. The Morgan fingerprint density at radius 1 is 1.50 bits per heavy atom. The van der Waals surface area contributed by atoms with E-state index < -0.39 is 0 Å². The van der Waals surface area contributed by atoms with E-state index in [2.05, 4.69) is 28.9 Å². The van der Waals surface area contributed by atoms with E-state index in [-0.39, 0.29) is 0 Å². The maximum absolute atomic E-state index is 10.7. The summed E-state index contributed by atoms with van der Waals surface area (Å²) in [5, 5.41) is 1.15. The molecule has 0 aliphatic carbocycles. The Hall–Kier alpha value is -0.670. The summed E-state index contributed by atoms with van der Waals surface area (Å²) in [4.78, 5) is 11.5. The number of fused-ring (bicyclic) bond motifs is 1. The highest BCUT2D eigenvalue weighted by Crippen LogP contribution is 2.33. The molecule has 0 aliphatic rings. The van der Waals surface area contributed by atoms with Gasteiger partial charge in [-0.15, -0.1) is 11.3 Å². The minimum atomic E-state index is 0.793. The van der Waals surface area contributed by atoms with Gasteiger partial charge in [0.15, 0.2) is 6.29 Å². The van der Waals surface area contributed by atoms with Crippen LogP contribution in [0.1, 0.15) is 22.2 Å². The van der Waals surface area contributed by atoms with Crippen molar-refractivity contribution in [1.82, 2.24) is 0 Å². The van der Waals surface area contributed by atoms with E-state index in [0.717, 1.165) is 27.4 Å². The van der Waals surface area contributed by atoms with Crippen LogP contribution in [-0.4, -0.2) is 6.29 Å². The van der Waals surface area contributed by atoms with E-state index in [0.29, 0.717) is 0 Å². The number of hydrogen-bond acceptors (Lipinski definition) is 2. The van der Waals surface area contributed by atoms with Crippen LogP contribution < -0.4 is 0 Å². The number of carbonyl (C=O) groups is 1. The number of hydrogen-bond donors (Lipinski definition) is 0. The first-order chi connectivity index (χ1) is 6.76. The second kappa shape index (κ2) is 3.83. The second-order valence-corrected chi connectivity index (χ2v) is 5.01. The van der Waals surface area contributed by atoms with E-state index in [1.54, 1.807) is 11.3 Å². The van der Waals surface area contributed by atoms with Crippen molar-refractivity contribution in [2.45, 2.75) is 13.3 Å². The lowest BCUT2D eigenvalue weighted by molar-refractivity contribution is 0.112. The molecule has 1 nitrogen and oxygen atoms in total. The van der Waals surface area contributed by atoms with E-state index in [1.165, 1.54) is 10.3 Å².